The molecule has 0 aliphatic rings. The van der Waals surface area contributed by atoms with Gasteiger partial charge in [-0.05, 0) is 36.9 Å². The largest absolute Gasteiger partial charge is 0.347 e. The molecule has 24 heavy (non-hydrogen) atoms. The van der Waals surface area contributed by atoms with Gasteiger partial charge in [0, 0.05) is 37.3 Å². The number of amides is 1. The zero-order valence-electron chi connectivity index (χ0n) is 14.4. The molecule has 0 aliphatic heterocycles. The fraction of sp³-hybridized carbons (Fsp3) is 0.286. The predicted molar refractivity (Wildman–Crippen MR) is 98.7 cm³/mol. The second kappa shape index (κ2) is 7.35. The molecule has 124 valence electrons. The molecule has 0 fully saturated rings. The van der Waals surface area contributed by atoms with E-state index in [1.54, 1.807) is 0 Å². The molecular weight excluding hydrogens is 296 g/mol. The van der Waals surface area contributed by atoms with E-state index in [1.807, 2.05) is 35.2 Å². The molecule has 3 heteroatoms. The van der Waals surface area contributed by atoms with Gasteiger partial charge in [-0.1, -0.05) is 48.5 Å². The van der Waals surface area contributed by atoms with Gasteiger partial charge in [0.15, 0.2) is 0 Å². The van der Waals surface area contributed by atoms with Crippen LogP contribution in [0, 0.1) is 0 Å². The first-order valence-corrected chi connectivity index (χ1v) is 8.52. The first kappa shape index (κ1) is 16.3. The van der Waals surface area contributed by atoms with Gasteiger partial charge in [0.25, 0.3) is 0 Å². The minimum Gasteiger partial charge on any atom is -0.347 e. The molecule has 3 nitrogen and oxygen atoms in total. The van der Waals surface area contributed by atoms with Gasteiger partial charge in [-0.2, -0.15) is 0 Å². The lowest BCUT2D eigenvalue weighted by molar-refractivity contribution is -0.133. The van der Waals surface area contributed by atoms with Gasteiger partial charge in [0.1, 0.15) is 0 Å². The van der Waals surface area contributed by atoms with Gasteiger partial charge in [-0.15, -0.1) is 0 Å². The van der Waals surface area contributed by atoms with Crippen molar-refractivity contribution in [2.45, 2.75) is 39.4 Å². The number of rotatable bonds is 6. The van der Waals surface area contributed by atoms with Crippen molar-refractivity contribution >= 4 is 16.8 Å². The van der Waals surface area contributed by atoms with Crippen LogP contribution in [0.2, 0.25) is 0 Å². The number of hydrogen-bond donors (Lipinski definition) is 0. The maximum Gasteiger partial charge on any atom is 0.224 e. The second-order valence-electron chi connectivity index (χ2n) is 6.42. The van der Waals surface area contributed by atoms with Gasteiger partial charge < -0.3 is 9.47 Å². The lowest BCUT2D eigenvalue weighted by Gasteiger charge is -2.27. The van der Waals surface area contributed by atoms with Crippen molar-refractivity contribution in [3.05, 3.63) is 72.4 Å². The Kier molecular flexibility index (Phi) is 4.99. The number of carbonyl (C=O) groups is 1. The Morgan fingerprint density at radius 2 is 1.71 bits per heavy atom. The third-order valence-corrected chi connectivity index (χ3v) is 4.39. The third kappa shape index (κ3) is 3.67. The number of aryl methyl sites for hydroxylation is 1. The Balaban J connectivity index is 1.67. The highest BCUT2D eigenvalue weighted by molar-refractivity contribution is 5.80. The monoisotopic (exact) mass is 320 g/mol. The Labute approximate surface area is 143 Å². The van der Waals surface area contributed by atoms with Crippen LogP contribution >= 0.6 is 0 Å². The van der Waals surface area contributed by atoms with Crippen molar-refractivity contribution in [3.8, 4) is 0 Å². The molecule has 1 heterocycles. The van der Waals surface area contributed by atoms with Crippen molar-refractivity contribution in [1.29, 1.82) is 0 Å². The summed E-state index contributed by atoms with van der Waals surface area (Å²) in [4.78, 5) is 14.7. The fourth-order valence-electron chi connectivity index (χ4n) is 3.03. The van der Waals surface area contributed by atoms with Crippen LogP contribution < -0.4 is 0 Å². The normalized spacial score (nSPS) is 11.1. The summed E-state index contributed by atoms with van der Waals surface area (Å²) in [5.41, 5.74) is 2.36. The van der Waals surface area contributed by atoms with E-state index < -0.39 is 0 Å². The smallest absolute Gasteiger partial charge is 0.224 e. The Bertz CT molecular complexity index is 805. The van der Waals surface area contributed by atoms with Crippen LogP contribution in [0.3, 0.4) is 0 Å². The SMILES string of the molecule is CC(C)N(Cc1ccccc1)C(=O)CCn1ccc2ccccc21. The standard InChI is InChI=1S/C21H24N2O/c1-17(2)23(16-18-8-4-3-5-9-18)21(24)13-15-22-14-12-19-10-6-7-11-20(19)22/h3-12,14,17H,13,15-16H2,1-2H3. The topological polar surface area (TPSA) is 25.2 Å². The van der Waals surface area contributed by atoms with Crippen LogP contribution in [0.4, 0.5) is 0 Å². The number of para-hydroxylation sites is 1. The summed E-state index contributed by atoms with van der Waals surface area (Å²) in [5, 5.41) is 1.22. The Morgan fingerprint density at radius 1 is 1.00 bits per heavy atom. The molecule has 0 radical (unpaired) electrons. The molecule has 0 aliphatic carbocycles. The lowest BCUT2D eigenvalue weighted by Crippen LogP contribution is -2.36. The predicted octanol–water partition coefficient (Wildman–Crippen LogP) is 4.47. The number of nitrogens with zero attached hydrogens (tertiary/aromatic N) is 2. The minimum atomic E-state index is 0.194. The van der Waals surface area contributed by atoms with Crippen molar-refractivity contribution in [3.63, 3.8) is 0 Å². The molecular formula is C21H24N2O. The van der Waals surface area contributed by atoms with E-state index >= 15 is 0 Å². The number of aromatic nitrogens is 1. The van der Waals surface area contributed by atoms with E-state index in [4.69, 9.17) is 0 Å². The van der Waals surface area contributed by atoms with Gasteiger partial charge in [-0.25, -0.2) is 0 Å². The van der Waals surface area contributed by atoms with Gasteiger partial charge in [0.05, 0.1) is 0 Å². The highest BCUT2D eigenvalue weighted by Crippen LogP contribution is 2.16. The third-order valence-electron chi connectivity index (χ3n) is 4.39. The van der Waals surface area contributed by atoms with Crippen molar-refractivity contribution in [2.24, 2.45) is 0 Å². The van der Waals surface area contributed by atoms with Crippen molar-refractivity contribution in [1.82, 2.24) is 9.47 Å². The summed E-state index contributed by atoms with van der Waals surface area (Å²) >= 11 is 0. The summed E-state index contributed by atoms with van der Waals surface area (Å²) < 4.78 is 2.16. The van der Waals surface area contributed by atoms with Crippen LogP contribution in [-0.4, -0.2) is 21.4 Å². The average Bonchev–Trinajstić information content (AvgIpc) is 3.01. The molecule has 0 spiro atoms. The quantitative estimate of drug-likeness (QED) is 0.658. The molecule has 0 N–H and O–H groups in total. The summed E-state index contributed by atoms with van der Waals surface area (Å²) in [6.45, 7) is 5.53. The highest BCUT2D eigenvalue weighted by atomic mass is 16.2. The van der Waals surface area contributed by atoms with E-state index in [0.717, 1.165) is 0 Å². The lowest BCUT2D eigenvalue weighted by atomic mass is 10.1. The average molecular weight is 320 g/mol. The van der Waals surface area contributed by atoms with Crippen LogP contribution in [0.1, 0.15) is 25.8 Å². The molecule has 0 saturated carbocycles. The number of benzene rings is 2. The molecule has 1 aromatic heterocycles. The molecule has 0 unspecified atom stereocenters. The van der Waals surface area contributed by atoms with Gasteiger partial charge >= 0.3 is 0 Å². The molecule has 0 bridgehead atoms. The highest BCUT2D eigenvalue weighted by Gasteiger charge is 2.17. The number of hydrogen-bond acceptors (Lipinski definition) is 1. The molecule has 1 amide bonds. The summed E-state index contributed by atoms with van der Waals surface area (Å²) in [6, 6.07) is 20.8. The molecule has 3 rings (SSSR count). The first-order valence-electron chi connectivity index (χ1n) is 8.52. The molecule has 2 aromatic carbocycles. The summed E-state index contributed by atoms with van der Waals surface area (Å²) in [6.07, 6.45) is 2.58. The maximum atomic E-state index is 12.7. The maximum absolute atomic E-state index is 12.7. The van der Waals surface area contributed by atoms with E-state index in [1.165, 1.54) is 16.5 Å². The van der Waals surface area contributed by atoms with Crippen LogP contribution in [0.15, 0.2) is 66.9 Å². The number of carbonyl (C=O) groups excluding carboxylic acids is 1. The zero-order valence-corrected chi connectivity index (χ0v) is 14.4. The van der Waals surface area contributed by atoms with Gasteiger partial charge in [-0.3, -0.25) is 4.79 Å². The van der Waals surface area contributed by atoms with E-state index in [2.05, 4.69) is 54.9 Å². The van der Waals surface area contributed by atoms with Gasteiger partial charge in [0.2, 0.25) is 5.91 Å². The molecule has 0 saturated heterocycles. The first-order chi connectivity index (χ1) is 11.6. The van der Waals surface area contributed by atoms with E-state index in [9.17, 15) is 4.79 Å². The van der Waals surface area contributed by atoms with Crippen molar-refractivity contribution < 1.29 is 4.79 Å². The van der Waals surface area contributed by atoms with E-state index in [-0.39, 0.29) is 11.9 Å². The molecule has 3 aromatic rings. The molecule has 0 atom stereocenters. The summed E-state index contributed by atoms with van der Waals surface area (Å²) in [7, 11) is 0. The number of fused-ring (bicyclic) bond motifs is 1. The van der Waals surface area contributed by atoms with Crippen molar-refractivity contribution in [2.75, 3.05) is 0 Å². The van der Waals surface area contributed by atoms with Crippen LogP contribution in [0.25, 0.3) is 10.9 Å². The second-order valence-corrected chi connectivity index (χ2v) is 6.42. The zero-order chi connectivity index (χ0) is 16.9. The minimum absolute atomic E-state index is 0.194. The fourth-order valence-corrected chi connectivity index (χ4v) is 3.03. The Morgan fingerprint density at radius 3 is 2.46 bits per heavy atom. The van der Waals surface area contributed by atoms with Crippen LogP contribution in [0.5, 0.6) is 0 Å². The Hall–Kier alpha value is -2.55. The summed E-state index contributed by atoms with van der Waals surface area (Å²) in [5.74, 6) is 0.201. The van der Waals surface area contributed by atoms with Crippen LogP contribution in [-0.2, 0) is 17.9 Å². The van der Waals surface area contributed by atoms with E-state index in [0.29, 0.717) is 19.5 Å².